The van der Waals surface area contributed by atoms with E-state index in [4.69, 9.17) is 85.3 Å². The lowest BCUT2D eigenvalue weighted by atomic mass is 9.93. The smallest absolute Gasteiger partial charge is 0.217 e. The molecule has 4 heterocycles. The van der Waals surface area contributed by atoms with Gasteiger partial charge in [-0.2, -0.15) is 0 Å². The highest BCUT2D eigenvalue weighted by molar-refractivity contribution is 5.73. The van der Waals surface area contributed by atoms with E-state index in [2.05, 4.69) is 5.32 Å². The monoisotopic (exact) mass is 1670 g/mol. The summed E-state index contributed by atoms with van der Waals surface area (Å²) in [6.45, 7) is 6.70. The molecule has 1 N–H and O–H groups in total. The number of benzene rings is 11. The van der Waals surface area contributed by atoms with Crippen molar-refractivity contribution in [2.75, 3.05) is 13.2 Å². The molecule has 0 saturated carbocycles. The number of amides is 1. The highest BCUT2D eigenvalue weighted by atomic mass is 16.8. The van der Waals surface area contributed by atoms with Crippen molar-refractivity contribution < 1.29 is 90.1 Å². The number of nitrogens with one attached hydrogen (secondary N) is 1. The molecule has 642 valence electrons. The Hall–Kier alpha value is -9.83. The quantitative estimate of drug-likeness (QED) is 0.0379. The fraction of sp³-hybridized carbons (Fsp3) is 0.350. The summed E-state index contributed by atoms with van der Waals surface area (Å²) in [5.74, 6) is -0.435. The Morgan fingerprint density at radius 3 is 0.756 bits per heavy atom. The van der Waals surface area contributed by atoms with E-state index in [1.807, 2.05) is 347 Å². The minimum Gasteiger partial charge on any atom is -0.374 e. The maximum Gasteiger partial charge on any atom is 0.217 e. The zero-order valence-electron chi connectivity index (χ0n) is 69.8. The van der Waals surface area contributed by atoms with E-state index in [0.29, 0.717) is 0 Å². The summed E-state index contributed by atoms with van der Waals surface area (Å²) in [5, 5.41) is 3.29. The second-order valence-corrected chi connectivity index (χ2v) is 31.4. The third-order valence-electron chi connectivity index (χ3n) is 22.3. The first-order chi connectivity index (χ1) is 60.6. The minimum atomic E-state index is -1.55. The number of carbonyl (C=O) groups is 1. The second-order valence-electron chi connectivity index (χ2n) is 31.4. The lowest BCUT2D eigenvalue weighted by molar-refractivity contribution is -0.403. The summed E-state index contributed by atoms with van der Waals surface area (Å²) in [5.41, 5.74) is 9.89. The van der Waals surface area contributed by atoms with Gasteiger partial charge in [0.2, 0.25) is 5.91 Å². The molecule has 15 rings (SSSR count). The molecule has 0 bridgehead atoms. The Morgan fingerprint density at radius 2 is 0.455 bits per heavy atom. The van der Waals surface area contributed by atoms with E-state index in [1.165, 1.54) is 6.92 Å². The molecule has 0 aliphatic carbocycles. The predicted molar refractivity (Wildman–Crippen MR) is 462 cm³/mol. The lowest BCUT2D eigenvalue weighted by Gasteiger charge is -2.53. The topological polar surface area (TPSA) is 195 Å². The first-order valence-electron chi connectivity index (χ1n) is 42.6. The van der Waals surface area contributed by atoms with Gasteiger partial charge < -0.3 is 90.6 Å². The van der Waals surface area contributed by atoms with Crippen LogP contribution in [0.25, 0.3) is 0 Å². The van der Waals surface area contributed by atoms with Crippen LogP contribution in [0.5, 0.6) is 0 Å². The van der Waals surface area contributed by atoms with Crippen LogP contribution in [0.15, 0.2) is 334 Å². The molecule has 4 aliphatic heterocycles. The molecule has 4 fully saturated rings. The van der Waals surface area contributed by atoms with Gasteiger partial charge in [0.1, 0.15) is 85.4 Å². The Morgan fingerprint density at radius 1 is 0.236 bits per heavy atom. The fourth-order valence-electron chi connectivity index (χ4n) is 16.0. The van der Waals surface area contributed by atoms with Crippen LogP contribution >= 0.6 is 0 Å². The lowest BCUT2D eigenvalue weighted by Crippen LogP contribution is -2.70. The maximum atomic E-state index is 14.6. The van der Waals surface area contributed by atoms with E-state index in [0.717, 1.165) is 61.2 Å². The molecule has 123 heavy (non-hydrogen) atoms. The molecule has 0 aromatic heterocycles. The molecule has 11 aromatic rings. The molecule has 20 heteroatoms. The van der Waals surface area contributed by atoms with Crippen LogP contribution in [-0.2, 0) is 163 Å². The molecule has 0 spiro atoms. The third kappa shape index (κ3) is 25.5. The van der Waals surface area contributed by atoms with Gasteiger partial charge in [0.25, 0.3) is 0 Å². The molecule has 20 atom stereocenters. The maximum absolute atomic E-state index is 14.6. The van der Waals surface area contributed by atoms with Gasteiger partial charge in [0.05, 0.1) is 98.1 Å². The number of carbonyl (C=O) groups excluding carboxylic acids is 1. The van der Waals surface area contributed by atoms with Crippen molar-refractivity contribution in [1.82, 2.24) is 5.32 Å². The molecule has 20 nitrogen and oxygen atoms in total. The van der Waals surface area contributed by atoms with Crippen LogP contribution in [0.3, 0.4) is 0 Å². The van der Waals surface area contributed by atoms with Crippen LogP contribution < -0.4 is 5.32 Å². The van der Waals surface area contributed by atoms with Crippen molar-refractivity contribution in [3.8, 4) is 0 Å². The van der Waals surface area contributed by atoms with Crippen molar-refractivity contribution in [2.24, 2.45) is 0 Å². The highest BCUT2D eigenvalue weighted by Gasteiger charge is 2.59. The van der Waals surface area contributed by atoms with Gasteiger partial charge in [0, 0.05) is 6.92 Å². The molecule has 4 saturated heterocycles. The van der Waals surface area contributed by atoms with Crippen LogP contribution in [0.4, 0.5) is 0 Å². The molecule has 4 aliphatic rings. The van der Waals surface area contributed by atoms with Crippen LogP contribution in [0.1, 0.15) is 82.0 Å². The molecular weight excluding hydrogens is 1560 g/mol. The summed E-state index contributed by atoms with van der Waals surface area (Å²) in [6, 6.07) is 108. The van der Waals surface area contributed by atoms with Gasteiger partial charge >= 0.3 is 0 Å². The van der Waals surface area contributed by atoms with Crippen molar-refractivity contribution in [2.45, 2.75) is 216 Å². The Balaban J connectivity index is 0.897. The minimum absolute atomic E-state index is 0.0473. The van der Waals surface area contributed by atoms with Crippen LogP contribution in [0.2, 0.25) is 0 Å². The van der Waals surface area contributed by atoms with E-state index in [1.54, 1.807) is 0 Å². The molecule has 0 radical (unpaired) electrons. The normalized spacial score (nSPS) is 26.5. The zero-order valence-corrected chi connectivity index (χ0v) is 69.8. The van der Waals surface area contributed by atoms with E-state index >= 15 is 0 Å². The first-order valence-corrected chi connectivity index (χ1v) is 42.6. The van der Waals surface area contributed by atoms with Gasteiger partial charge in [-0.1, -0.05) is 334 Å². The van der Waals surface area contributed by atoms with Gasteiger partial charge in [0.15, 0.2) is 25.2 Å². The largest absolute Gasteiger partial charge is 0.374 e. The Labute approximate surface area is 721 Å². The molecule has 2 unspecified atom stereocenters. The van der Waals surface area contributed by atoms with Crippen LogP contribution in [-0.4, -0.2) is 142 Å². The van der Waals surface area contributed by atoms with Gasteiger partial charge in [-0.05, 0) is 75.0 Å². The average molecular weight is 1670 g/mol. The number of hydrogen-bond acceptors (Lipinski definition) is 19. The van der Waals surface area contributed by atoms with Crippen molar-refractivity contribution >= 4 is 5.91 Å². The zero-order chi connectivity index (χ0) is 84.0. The predicted octanol–water partition coefficient (Wildman–Crippen LogP) is 16.9. The van der Waals surface area contributed by atoms with E-state index in [9.17, 15) is 4.79 Å². The summed E-state index contributed by atoms with van der Waals surface area (Å²) >= 11 is 0. The summed E-state index contributed by atoms with van der Waals surface area (Å²) in [4.78, 5) is 14.6. The highest BCUT2D eigenvalue weighted by Crippen LogP contribution is 2.42. The number of ether oxygens (including phenoxy) is 18. The van der Waals surface area contributed by atoms with E-state index < -0.39 is 129 Å². The van der Waals surface area contributed by atoms with Gasteiger partial charge in [-0.25, -0.2) is 0 Å². The molecule has 11 aromatic carbocycles. The summed E-state index contributed by atoms with van der Waals surface area (Å²) in [6.07, 6.45) is -20.7. The fourth-order valence-corrected chi connectivity index (χ4v) is 16.0. The standard InChI is InChI=1S/C103H111NO19/c1-72-89(108-61-77-41-19-6-20-42-77)94(111-64-80-47-25-9-26-48-80)97(114-67-83-53-31-12-32-54-83)101(117-72)122-93-88(104-74(3)105)100(116-69-85-57-35-14-36-58-85)119-87(71-107-60-76-39-17-5-18-40-76)92(93)121-103-99(96(113-66-82-51-29-11-30-52-82)91(110-63-79-45-23-8-24-46-79)86(120-103)70-106-59-75-37-15-4-16-38-75)123-102-98(115-68-84-55-33-13-34-56-84)95(112-65-81-49-27-10-28-50-81)90(73(2)118-102)109-62-78-43-21-7-22-44-78/h4-58,72-73,86-103H,59-71H2,1-3H3,(H,104,105)/t72-,73+,86-,87-,88-,89+,90-,91+,92-,93-,94+,95-,96?,97-,98+,99-,100?,101-,102+,103+/m1/s1. The van der Waals surface area contributed by atoms with Gasteiger partial charge in [-0.15, -0.1) is 0 Å². The number of rotatable bonds is 42. The summed E-state index contributed by atoms with van der Waals surface area (Å²) < 4.78 is 133. The van der Waals surface area contributed by atoms with Crippen molar-refractivity contribution in [3.05, 3.63) is 395 Å². The third-order valence-corrected chi connectivity index (χ3v) is 22.3. The average Bonchev–Trinajstić information content (AvgIpc) is 0.756. The van der Waals surface area contributed by atoms with Gasteiger partial charge in [-0.3, -0.25) is 4.79 Å². The molecule has 1 amide bonds. The number of hydrogen-bond donors (Lipinski definition) is 1. The van der Waals surface area contributed by atoms with Crippen LogP contribution in [0, 0.1) is 0 Å². The van der Waals surface area contributed by atoms with Crippen molar-refractivity contribution in [3.63, 3.8) is 0 Å². The SMILES string of the molecule is CC(=O)N[C@H]1C(OCc2ccccc2)O[C@H](COCc2ccccc2)[C@@H](O[C@@H]2O[C@H](COCc3ccccc3)[C@H](OCc3ccccc3)C(OCc3ccccc3)[C@H]2O[C@@H]2O[C@@H](C)[C@@H](OCc3ccccc3)[C@@H](OCc3ccccc3)[C@@H]2OCc2ccccc2)[C@@H]1O[C@H]1O[C@H](C)[C@H](OCc2ccccc2)[C@H](OCc2ccccc2)[C@H]1OCc1ccccc1. The molecular formula is C103H111NO19. The summed E-state index contributed by atoms with van der Waals surface area (Å²) in [7, 11) is 0. The Kier molecular flexibility index (Phi) is 33.1. The van der Waals surface area contributed by atoms with E-state index in [-0.39, 0.29) is 85.9 Å². The van der Waals surface area contributed by atoms with Crippen molar-refractivity contribution in [1.29, 1.82) is 0 Å². The second kappa shape index (κ2) is 46.2. The first kappa shape index (κ1) is 88.0. The Bertz CT molecular complexity index is 4790.